The summed E-state index contributed by atoms with van der Waals surface area (Å²) in [5.41, 5.74) is 1.25. The minimum Gasteiger partial charge on any atom is -0.355 e. The molecule has 2 heterocycles. The lowest BCUT2D eigenvalue weighted by Crippen LogP contribution is -2.32. The number of rotatable bonds is 9. The molecule has 0 radical (unpaired) electrons. The summed E-state index contributed by atoms with van der Waals surface area (Å²) >= 11 is 3.33. The summed E-state index contributed by atoms with van der Waals surface area (Å²) in [4.78, 5) is 22.9. The van der Waals surface area contributed by atoms with E-state index in [1.54, 1.807) is 29.4 Å². The molecule has 23 heavy (non-hydrogen) atoms. The quantitative estimate of drug-likeness (QED) is 0.413. The lowest BCUT2D eigenvalue weighted by Gasteiger charge is -2.06. The van der Waals surface area contributed by atoms with Crippen molar-refractivity contribution >= 4 is 39.2 Å². The molecule has 2 N–H and O–H groups in total. The van der Waals surface area contributed by atoms with Gasteiger partial charge in [-0.2, -0.15) is 0 Å². The van der Waals surface area contributed by atoms with Gasteiger partial charge in [0.2, 0.25) is 5.91 Å². The SMILES string of the molecule is CCCNCCNC(=O)CCSc1ncnc2sc(C)c(C)c12. The second-order valence-corrected chi connectivity index (χ2v) is 7.63. The standard InChI is InChI=1S/C16H24N4OS2/c1-4-6-17-7-8-18-13(21)5-9-22-15-14-11(2)12(3)23-16(14)20-10-19-15/h10,17H,4-9H2,1-3H3,(H,18,21). The van der Waals surface area contributed by atoms with Crippen LogP contribution in [0.5, 0.6) is 0 Å². The lowest BCUT2D eigenvalue weighted by molar-refractivity contribution is -0.120. The van der Waals surface area contributed by atoms with E-state index in [1.165, 1.54) is 10.4 Å². The highest BCUT2D eigenvalue weighted by atomic mass is 32.2. The number of thiophene rings is 1. The van der Waals surface area contributed by atoms with Gasteiger partial charge in [0.15, 0.2) is 0 Å². The molecular weight excluding hydrogens is 328 g/mol. The molecule has 0 unspecified atom stereocenters. The van der Waals surface area contributed by atoms with Crippen LogP contribution in [0.3, 0.4) is 0 Å². The number of hydrogen-bond acceptors (Lipinski definition) is 6. The second-order valence-electron chi connectivity index (χ2n) is 5.34. The molecule has 2 rings (SSSR count). The van der Waals surface area contributed by atoms with Crippen molar-refractivity contribution < 1.29 is 4.79 Å². The van der Waals surface area contributed by atoms with E-state index in [9.17, 15) is 4.79 Å². The Balaban J connectivity index is 1.79. The lowest BCUT2D eigenvalue weighted by atomic mass is 10.2. The van der Waals surface area contributed by atoms with E-state index in [4.69, 9.17) is 0 Å². The highest BCUT2D eigenvalue weighted by Gasteiger charge is 2.12. The number of thioether (sulfide) groups is 1. The molecule has 0 aliphatic carbocycles. The van der Waals surface area contributed by atoms with Crippen LogP contribution < -0.4 is 10.6 Å². The number of nitrogens with one attached hydrogen (secondary N) is 2. The van der Waals surface area contributed by atoms with Crippen LogP contribution in [0.4, 0.5) is 0 Å². The Labute approximate surface area is 145 Å². The molecule has 5 nitrogen and oxygen atoms in total. The first-order chi connectivity index (χ1) is 11.1. The van der Waals surface area contributed by atoms with Gasteiger partial charge in [0.1, 0.15) is 16.2 Å². The van der Waals surface area contributed by atoms with Gasteiger partial charge in [-0.3, -0.25) is 4.79 Å². The molecule has 0 bridgehead atoms. The van der Waals surface area contributed by atoms with E-state index in [-0.39, 0.29) is 5.91 Å². The van der Waals surface area contributed by atoms with Gasteiger partial charge in [0, 0.05) is 35.5 Å². The fourth-order valence-electron chi connectivity index (χ4n) is 2.18. The third-order valence-electron chi connectivity index (χ3n) is 3.55. The zero-order valence-electron chi connectivity index (χ0n) is 13.9. The Kier molecular flexibility index (Phi) is 7.26. The third kappa shape index (κ3) is 5.16. The second kappa shape index (κ2) is 9.20. The molecule has 126 valence electrons. The zero-order chi connectivity index (χ0) is 16.7. The normalized spacial score (nSPS) is 11.1. The molecule has 0 saturated heterocycles. The van der Waals surface area contributed by atoms with Crippen molar-refractivity contribution in [3.63, 3.8) is 0 Å². The van der Waals surface area contributed by atoms with E-state index in [0.717, 1.165) is 40.5 Å². The van der Waals surface area contributed by atoms with Crippen LogP contribution in [-0.2, 0) is 4.79 Å². The topological polar surface area (TPSA) is 66.9 Å². The fraction of sp³-hybridized carbons (Fsp3) is 0.562. The van der Waals surface area contributed by atoms with Crippen LogP contribution in [0.25, 0.3) is 10.2 Å². The number of aromatic nitrogens is 2. The molecule has 0 aromatic carbocycles. The number of carbonyl (C=O) groups is 1. The van der Waals surface area contributed by atoms with E-state index in [0.29, 0.717) is 13.0 Å². The summed E-state index contributed by atoms with van der Waals surface area (Å²) in [5.74, 6) is 0.827. The molecule has 2 aromatic heterocycles. The van der Waals surface area contributed by atoms with Gasteiger partial charge in [-0.15, -0.1) is 23.1 Å². The average molecular weight is 353 g/mol. The number of fused-ring (bicyclic) bond motifs is 1. The third-order valence-corrected chi connectivity index (χ3v) is 5.66. The van der Waals surface area contributed by atoms with Crippen LogP contribution in [-0.4, -0.2) is 41.3 Å². The summed E-state index contributed by atoms with van der Waals surface area (Å²) < 4.78 is 0. The predicted octanol–water partition coefficient (Wildman–Crippen LogP) is 2.91. The van der Waals surface area contributed by atoms with Crippen molar-refractivity contribution in [1.82, 2.24) is 20.6 Å². The Morgan fingerprint density at radius 2 is 2.09 bits per heavy atom. The van der Waals surface area contributed by atoms with Gasteiger partial charge in [-0.1, -0.05) is 6.92 Å². The Morgan fingerprint density at radius 3 is 2.87 bits per heavy atom. The first kappa shape index (κ1) is 18.2. The Morgan fingerprint density at radius 1 is 1.26 bits per heavy atom. The molecule has 2 aromatic rings. The summed E-state index contributed by atoms with van der Waals surface area (Å²) in [7, 11) is 0. The minimum atomic E-state index is 0.0966. The van der Waals surface area contributed by atoms with Crippen molar-refractivity contribution in [2.24, 2.45) is 0 Å². The van der Waals surface area contributed by atoms with Gasteiger partial charge in [-0.05, 0) is 32.4 Å². The van der Waals surface area contributed by atoms with Gasteiger partial charge >= 0.3 is 0 Å². The van der Waals surface area contributed by atoms with Crippen molar-refractivity contribution in [1.29, 1.82) is 0 Å². The first-order valence-corrected chi connectivity index (χ1v) is 9.74. The van der Waals surface area contributed by atoms with Crippen LogP contribution in [0.1, 0.15) is 30.2 Å². The maximum absolute atomic E-state index is 11.8. The van der Waals surface area contributed by atoms with Crippen molar-refractivity contribution in [2.75, 3.05) is 25.4 Å². The molecule has 0 aliphatic heterocycles. The van der Waals surface area contributed by atoms with Gasteiger partial charge in [-0.25, -0.2) is 9.97 Å². The highest BCUT2D eigenvalue weighted by molar-refractivity contribution is 7.99. The van der Waals surface area contributed by atoms with Gasteiger partial charge in [0.25, 0.3) is 0 Å². The first-order valence-electron chi connectivity index (χ1n) is 7.94. The predicted molar refractivity (Wildman–Crippen MR) is 98.4 cm³/mol. The number of amides is 1. The zero-order valence-corrected chi connectivity index (χ0v) is 15.6. The summed E-state index contributed by atoms with van der Waals surface area (Å²) in [6.07, 6.45) is 3.23. The van der Waals surface area contributed by atoms with E-state index < -0.39 is 0 Å². The summed E-state index contributed by atoms with van der Waals surface area (Å²) in [6, 6.07) is 0. The van der Waals surface area contributed by atoms with E-state index in [1.807, 2.05) is 0 Å². The molecule has 0 aliphatic rings. The number of nitrogens with zero attached hydrogens (tertiary/aromatic N) is 2. The molecular formula is C16H24N4OS2. The fourth-order valence-corrected chi connectivity index (χ4v) is 4.24. The smallest absolute Gasteiger partial charge is 0.220 e. The molecule has 0 saturated carbocycles. The molecule has 0 fully saturated rings. The van der Waals surface area contributed by atoms with Crippen molar-refractivity contribution in [3.8, 4) is 0 Å². The van der Waals surface area contributed by atoms with Crippen LogP contribution in [0, 0.1) is 13.8 Å². The van der Waals surface area contributed by atoms with Gasteiger partial charge < -0.3 is 10.6 Å². The average Bonchev–Trinajstić information content (AvgIpc) is 2.83. The monoisotopic (exact) mass is 352 g/mol. The van der Waals surface area contributed by atoms with Crippen LogP contribution >= 0.6 is 23.1 Å². The number of aryl methyl sites for hydroxylation is 2. The highest BCUT2D eigenvalue weighted by Crippen LogP contribution is 2.34. The number of hydrogen-bond donors (Lipinski definition) is 2. The molecule has 7 heteroatoms. The molecule has 1 amide bonds. The minimum absolute atomic E-state index is 0.0966. The van der Waals surface area contributed by atoms with Crippen molar-refractivity contribution in [3.05, 3.63) is 16.8 Å². The largest absolute Gasteiger partial charge is 0.355 e. The molecule has 0 atom stereocenters. The Bertz CT molecular complexity index is 657. The summed E-state index contributed by atoms with van der Waals surface area (Å²) in [5, 5.41) is 8.32. The summed E-state index contributed by atoms with van der Waals surface area (Å²) in [6.45, 7) is 8.85. The van der Waals surface area contributed by atoms with Gasteiger partial charge in [0.05, 0.1) is 0 Å². The maximum Gasteiger partial charge on any atom is 0.220 e. The Hall–Kier alpha value is -1.18. The molecule has 0 spiro atoms. The van der Waals surface area contributed by atoms with Crippen molar-refractivity contribution in [2.45, 2.75) is 38.6 Å². The van der Waals surface area contributed by atoms with Crippen LogP contribution in [0.15, 0.2) is 11.4 Å². The van der Waals surface area contributed by atoms with E-state index >= 15 is 0 Å². The van der Waals surface area contributed by atoms with E-state index in [2.05, 4.69) is 41.4 Å². The number of carbonyl (C=O) groups excluding carboxylic acids is 1. The van der Waals surface area contributed by atoms with Crippen LogP contribution in [0.2, 0.25) is 0 Å². The maximum atomic E-state index is 11.8.